The van der Waals surface area contributed by atoms with Crippen LogP contribution in [-0.4, -0.2) is 50.1 Å². The van der Waals surface area contributed by atoms with Gasteiger partial charge in [0.15, 0.2) is 0 Å². The number of hydrogen-bond donors (Lipinski definition) is 2. The lowest BCUT2D eigenvalue weighted by Gasteiger charge is -2.26. The summed E-state index contributed by atoms with van der Waals surface area (Å²) in [6.07, 6.45) is 5.27. The Bertz CT molecular complexity index is 222. The molecule has 0 aromatic heterocycles. The maximum absolute atomic E-state index is 11.6. The summed E-state index contributed by atoms with van der Waals surface area (Å²) >= 11 is 0. The summed E-state index contributed by atoms with van der Waals surface area (Å²) in [7, 11) is 0. The third-order valence-corrected chi connectivity index (χ3v) is 3.39. The Morgan fingerprint density at radius 3 is 2.75 bits per heavy atom. The number of nitrogens with one attached hydrogen (secondary N) is 2. The molecule has 2 rings (SSSR count). The monoisotopic (exact) mass is 225 g/mol. The predicted octanol–water partition coefficient (Wildman–Crippen LogP) is 0.198. The molecule has 0 atom stereocenters. The normalized spacial score (nSPS) is 22.0. The van der Waals surface area contributed by atoms with E-state index in [2.05, 4.69) is 15.5 Å². The van der Waals surface area contributed by atoms with Gasteiger partial charge in [-0.15, -0.1) is 0 Å². The van der Waals surface area contributed by atoms with Gasteiger partial charge in [0.1, 0.15) is 0 Å². The van der Waals surface area contributed by atoms with Gasteiger partial charge < -0.3 is 10.6 Å². The van der Waals surface area contributed by atoms with E-state index in [0.29, 0.717) is 6.54 Å². The Labute approximate surface area is 97.8 Å². The third kappa shape index (κ3) is 4.49. The van der Waals surface area contributed by atoms with Crippen molar-refractivity contribution >= 4 is 5.91 Å². The van der Waals surface area contributed by atoms with Gasteiger partial charge in [-0.1, -0.05) is 12.8 Å². The molecule has 1 saturated carbocycles. The molecule has 4 nitrogen and oxygen atoms in total. The van der Waals surface area contributed by atoms with Crippen LogP contribution in [0, 0.1) is 5.92 Å². The van der Waals surface area contributed by atoms with Crippen molar-refractivity contribution in [3.63, 3.8) is 0 Å². The lowest BCUT2D eigenvalue weighted by Crippen LogP contribution is -2.47. The maximum Gasteiger partial charge on any atom is 0.234 e. The van der Waals surface area contributed by atoms with Gasteiger partial charge in [-0.2, -0.15) is 0 Å². The smallest absolute Gasteiger partial charge is 0.234 e. The Hall–Kier alpha value is -0.610. The van der Waals surface area contributed by atoms with Crippen molar-refractivity contribution in [2.45, 2.75) is 25.7 Å². The van der Waals surface area contributed by atoms with E-state index in [9.17, 15) is 4.79 Å². The summed E-state index contributed by atoms with van der Waals surface area (Å²) in [4.78, 5) is 13.8. The van der Waals surface area contributed by atoms with E-state index < -0.39 is 0 Å². The Morgan fingerprint density at radius 1 is 1.31 bits per heavy atom. The fraction of sp³-hybridized carbons (Fsp3) is 0.917. The third-order valence-electron chi connectivity index (χ3n) is 3.39. The van der Waals surface area contributed by atoms with Crippen LogP contribution < -0.4 is 10.6 Å². The second kappa shape index (κ2) is 6.21. The summed E-state index contributed by atoms with van der Waals surface area (Å²) in [5.41, 5.74) is 0. The second-order valence-electron chi connectivity index (χ2n) is 4.96. The molecule has 2 aliphatic rings. The topological polar surface area (TPSA) is 44.4 Å². The van der Waals surface area contributed by atoms with E-state index in [1.54, 1.807) is 0 Å². The highest BCUT2D eigenvalue weighted by molar-refractivity contribution is 5.77. The molecular weight excluding hydrogens is 202 g/mol. The lowest BCUT2D eigenvalue weighted by molar-refractivity contribution is -0.122. The van der Waals surface area contributed by atoms with Crippen molar-refractivity contribution < 1.29 is 4.79 Å². The molecule has 0 aromatic rings. The number of piperazine rings is 1. The largest absolute Gasteiger partial charge is 0.355 e. The minimum Gasteiger partial charge on any atom is -0.355 e. The van der Waals surface area contributed by atoms with Crippen molar-refractivity contribution in [1.82, 2.24) is 15.5 Å². The summed E-state index contributed by atoms with van der Waals surface area (Å²) in [6, 6.07) is 0. The van der Waals surface area contributed by atoms with Crippen LogP contribution in [-0.2, 0) is 4.79 Å². The summed E-state index contributed by atoms with van der Waals surface area (Å²) in [6.45, 7) is 5.45. The fourth-order valence-corrected chi connectivity index (χ4v) is 2.15. The van der Waals surface area contributed by atoms with Crippen molar-refractivity contribution in [2.24, 2.45) is 5.92 Å². The molecule has 1 saturated heterocycles. The average molecular weight is 225 g/mol. The van der Waals surface area contributed by atoms with Crippen LogP contribution in [0.2, 0.25) is 0 Å². The summed E-state index contributed by atoms with van der Waals surface area (Å²) < 4.78 is 0. The standard InChI is InChI=1S/C12H23N3O/c16-12(10-15-8-6-13-7-9-15)14-5-1-2-11-3-4-11/h11,13H,1-10H2,(H,14,16). The van der Waals surface area contributed by atoms with Gasteiger partial charge >= 0.3 is 0 Å². The molecule has 2 N–H and O–H groups in total. The summed E-state index contributed by atoms with van der Waals surface area (Å²) in [5.74, 6) is 1.17. The van der Waals surface area contributed by atoms with E-state index in [-0.39, 0.29) is 5.91 Å². The molecule has 0 radical (unpaired) electrons. The average Bonchev–Trinajstić information content (AvgIpc) is 3.10. The van der Waals surface area contributed by atoms with Gasteiger partial charge in [0.05, 0.1) is 6.54 Å². The highest BCUT2D eigenvalue weighted by atomic mass is 16.2. The molecular formula is C12H23N3O. The van der Waals surface area contributed by atoms with Crippen molar-refractivity contribution in [3.05, 3.63) is 0 Å². The van der Waals surface area contributed by atoms with Crippen LogP contribution in [0.15, 0.2) is 0 Å². The maximum atomic E-state index is 11.6. The fourth-order valence-electron chi connectivity index (χ4n) is 2.15. The molecule has 16 heavy (non-hydrogen) atoms. The number of nitrogens with zero attached hydrogens (tertiary/aromatic N) is 1. The van der Waals surface area contributed by atoms with Gasteiger partial charge in [-0.3, -0.25) is 9.69 Å². The molecule has 0 unspecified atom stereocenters. The molecule has 1 amide bonds. The van der Waals surface area contributed by atoms with Crippen LogP contribution >= 0.6 is 0 Å². The van der Waals surface area contributed by atoms with Gasteiger partial charge in [0.2, 0.25) is 5.91 Å². The molecule has 4 heteroatoms. The van der Waals surface area contributed by atoms with Crippen LogP contribution in [0.3, 0.4) is 0 Å². The number of amides is 1. The zero-order chi connectivity index (χ0) is 11.2. The molecule has 92 valence electrons. The van der Waals surface area contributed by atoms with Gasteiger partial charge in [0, 0.05) is 32.7 Å². The zero-order valence-corrected chi connectivity index (χ0v) is 10.0. The summed E-state index contributed by atoms with van der Waals surface area (Å²) in [5, 5.41) is 6.30. The molecule has 1 heterocycles. The molecule has 1 aliphatic heterocycles. The second-order valence-corrected chi connectivity index (χ2v) is 4.96. The zero-order valence-electron chi connectivity index (χ0n) is 10.0. The van der Waals surface area contributed by atoms with Crippen LogP contribution in [0.25, 0.3) is 0 Å². The predicted molar refractivity (Wildman–Crippen MR) is 64.3 cm³/mol. The Kier molecular flexibility index (Phi) is 4.60. The lowest BCUT2D eigenvalue weighted by atomic mass is 10.2. The van der Waals surface area contributed by atoms with Crippen molar-refractivity contribution in [2.75, 3.05) is 39.3 Å². The number of hydrogen-bond acceptors (Lipinski definition) is 3. The van der Waals surface area contributed by atoms with Crippen LogP contribution in [0.5, 0.6) is 0 Å². The van der Waals surface area contributed by atoms with E-state index >= 15 is 0 Å². The van der Waals surface area contributed by atoms with Crippen LogP contribution in [0.1, 0.15) is 25.7 Å². The Balaban J connectivity index is 1.49. The van der Waals surface area contributed by atoms with Crippen molar-refractivity contribution in [1.29, 1.82) is 0 Å². The highest BCUT2D eigenvalue weighted by Crippen LogP contribution is 2.33. The quantitative estimate of drug-likeness (QED) is 0.635. The number of carbonyl (C=O) groups excluding carboxylic acids is 1. The van der Waals surface area contributed by atoms with E-state index in [0.717, 1.165) is 45.1 Å². The van der Waals surface area contributed by atoms with Crippen LogP contribution in [0.4, 0.5) is 0 Å². The first-order valence-corrected chi connectivity index (χ1v) is 6.54. The first-order chi connectivity index (χ1) is 7.84. The van der Waals surface area contributed by atoms with E-state index in [1.165, 1.54) is 19.3 Å². The minimum atomic E-state index is 0.192. The Morgan fingerprint density at radius 2 is 2.06 bits per heavy atom. The minimum absolute atomic E-state index is 0.192. The van der Waals surface area contributed by atoms with Crippen molar-refractivity contribution in [3.8, 4) is 0 Å². The SMILES string of the molecule is O=C(CN1CCNCC1)NCCCC1CC1. The number of rotatable bonds is 6. The molecule has 1 aliphatic carbocycles. The molecule has 0 spiro atoms. The van der Waals surface area contributed by atoms with Gasteiger partial charge in [-0.25, -0.2) is 0 Å². The first-order valence-electron chi connectivity index (χ1n) is 6.54. The highest BCUT2D eigenvalue weighted by Gasteiger charge is 2.20. The van der Waals surface area contributed by atoms with Gasteiger partial charge in [0.25, 0.3) is 0 Å². The molecule has 0 aromatic carbocycles. The first kappa shape index (κ1) is 11.9. The molecule has 0 bridgehead atoms. The van der Waals surface area contributed by atoms with Gasteiger partial charge in [-0.05, 0) is 18.8 Å². The number of carbonyl (C=O) groups is 1. The molecule has 2 fully saturated rings. The van der Waals surface area contributed by atoms with E-state index in [4.69, 9.17) is 0 Å². The van der Waals surface area contributed by atoms with E-state index in [1.807, 2.05) is 0 Å².